The number of likely N-dealkylation sites (tertiary alicyclic amines) is 1. The average molecular weight is 296 g/mol. The fourth-order valence-electron chi connectivity index (χ4n) is 3.32. The van der Waals surface area contributed by atoms with Crippen molar-refractivity contribution in [3.05, 3.63) is 0 Å². The summed E-state index contributed by atoms with van der Waals surface area (Å²) >= 11 is 0. The van der Waals surface area contributed by atoms with Gasteiger partial charge in [-0.05, 0) is 32.1 Å². The summed E-state index contributed by atoms with van der Waals surface area (Å²) in [5.41, 5.74) is -0.561. The van der Waals surface area contributed by atoms with Crippen LogP contribution < -0.4 is 5.32 Å². The Balaban J connectivity index is 1.61. The molecule has 0 aromatic heterocycles. The van der Waals surface area contributed by atoms with Gasteiger partial charge in [0.2, 0.25) is 11.8 Å². The Bertz CT molecular complexity index is 365. The summed E-state index contributed by atoms with van der Waals surface area (Å²) in [5.74, 6) is 0.161. The van der Waals surface area contributed by atoms with Crippen molar-refractivity contribution in [2.75, 3.05) is 19.6 Å². The summed E-state index contributed by atoms with van der Waals surface area (Å²) in [5, 5.41) is 13.1. The van der Waals surface area contributed by atoms with Gasteiger partial charge in [-0.2, -0.15) is 0 Å². The first-order chi connectivity index (χ1) is 10.1. The van der Waals surface area contributed by atoms with Crippen molar-refractivity contribution in [1.82, 2.24) is 10.2 Å². The molecule has 120 valence electrons. The van der Waals surface area contributed by atoms with E-state index < -0.39 is 5.60 Å². The molecule has 2 fully saturated rings. The van der Waals surface area contributed by atoms with Crippen LogP contribution in [0.2, 0.25) is 0 Å². The molecule has 0 aromatic carbocycles. The molecule has 21 heavy (non-hydrogen) atoms. The Morgan fingerprint density at radius 3 is 2.71 bits per heavy atom. The van der Waals surface area contributed by atoms with Crippen molar-refractivity contribution in [2.24, 2.45) is 0 Å². The first kappa shape index (κ1) is 16.3. The van der Waals surface area contributed by atoms with Crippen LogP contribution in [0.3, 0.4) is 0 Å². The van der Waals surface area contributed by atoms with Gasteiger partial charge < -0.3 is 15.3 Å². The van der Waals surface area contributed by atoms with E-state index in [1.807, 2.05) is 4.90 Å². The zero-order chi connectivity index (χ0) is 15.1. The molecule has 0 radical (unpaired) electrons. The number of hydrogen-bond donors (Lipinski definition) is 2. The van der Waals surface area contributed by atoms with E-state index in [-0.39, 0.29) is 11.8 Å². The monoisotopic (exact) mass is 296 g/mol. The lowest BCUT2D eigenvalue weighted by Crippen LogP contribution is -2.36. The van der Waals surface area contributed by atoms with Crippen LogP contribution in [0.5, 0.6) is 0 Å². The van der Waals surface area contributed by atoms with Crippen LogP contribution in [0, 0.1) is 0 Å². The van der Waals surface area contributed by atoms with E-state index in [2.05, 4.69) is 5.32 Å². The standard InChI is InChI=1S/C16H28N2O3/c19-14(17-11-10-16(21)8-3-4-9-16)7-13-18-12-5-1-2-6-15(18)20/h21H,1-13H2,(H,17,19). The van der Waals surface area contributed by atoms with Crippen molar-refractivity contribution in [1.29, 1.82) is 0 Å². The van der Waals surface area contributed by atoms with Crippen LogP contribution in [-0.4, -0.2) is 47.1 Å². The van der Waals surface area contributed by atoms with Crippen LogP contribution in [-0.2, 0) is 9.59 Å². The summed E-state index contributed by atoms with van der Waals surface area (Å²) < 4.78 is 0. The second kappa shape index (κ2) is 7.78. The highest BCUT2D eigenvalue weighted by Gasteiger charge is 2.30. The largest absolute Gasteiger partial charge is 0.390 e. The lowest BCUT2D eigenvalue weighted by molar-refractivity contribution is -0.131. The average Bonchev–Trinajstić information content (AvgIpc) is 2.77. The van der Waals surface area contributed by atoms with E-state index in [0.29, 0.717) is 32.4 Å². The van der Waals surface area contributed by atoms with Crippen LogP contribution >= 0.6 is 0 Å². The Morgan fingerprint density at radius 1 is 1.19 bits per heavy atom. The molecule has 1 aliphatic carbocycles. The lowest BCUT2D eigenvalue weighted by atomic mass is 9.98. The quantitative estimate of drug-likeness (QED) is 0.782. The molecule has 0 atom stereocenters. The van der Waals surface area contributed by atoms with E-state index in [1.54, 1.807) is 0 Å². The fourth-order valence-corrected chi connectivity index (χ4v) is 3.32. The molecule has 1 heterocycles. The molecule has 1 aliphatic heterocycles. The van der Waals surface area contributed by atoms with Gasteiger partial charge in [-0.25, -0.2) is 0 Å². The van der Waals surface area contributed by atoms with Gasteiger partial charge in [-0.3, -0.25) is 9.59 Å². The van der Waals surface area contributed by atoms with Gasteiger partial charge in [-0.15, -0.1) is 0 Å². The van der Waals surface area contributed by atoms with Gasteiger partial charge in [0.05, 0.1) is 5.60 Å². The number of aliphatic hydroxyl groups is 1. The summed E-state index contributed by atoms with van der Waals surface area (Å²) in [6.07, 6.45) is 8.62. The molecule has 0 spiro atoms. The molecule has 2 amide bonds. The minimum atomic E-state index is -0.561. The van der Waals surface area contributed by atoms with E-state index in [9.17, 15) is 14.7 Å². The number of carbonyl (C=O) groups excluding carboxylic acids is 2. The molecule has 0 aromatic rings. The number of nitrogens with one attached hydrogen (secondary N) is 1. The zero-order valence-corrected chi connectivity index (χ0v) is 12.9. The Hall–Kier alpha value is -1.10. The first-order valence-corrected chi connectivity index (χ1v) is 8.36. The van der Waals surface area contributed by atoms with Crippen LogP contribution in [0.15, 0.2) is 0 Å². The van der Waals surface area contributed by atoms with Gasteiger partial charge in [0.1, 0.15) is 0 Å². The van der Waals surface area contributed by atoms with E-state index >= 15 is 0 Å². The Labute approximate surface area is 127 Å². The summed E-state index contributed by atoms with van der Waals surface area (Å²) in [7, 11) is 0. The molecule has 5 heteroatoms. The second-order valence-electron chi connectivity index (χ2n) is 6.47. The smallest absolute Gasteiger partial charge is 0.222 e. The molecular formula is C16H28N2O3. The topological polar surface area (TPSA) is 69.6 Å². The highest BCUT2D eigenvalue weighted by Crippen LogP contribution is 2.31. The van der Waals surface area contributed by atoms with Gasteiger partial charge in [0.15, 0.2) is 0 Å². The fraction of sp³-hybridized carbons (Fsp3) is 0.875. The first-order valence-electron chi connectivity index (χ1n) is 8.36. The Morgan fingerprint density at radius 2 is 1.95 bits per heavy atom. The number of amides is 2. The maximum atomic E-state index is 11.8. The van der Waals surface area contributed by atoms with Crippen LogP contribution in [0.1, 0.15) is 64.2 Å². The third-order valence-corrected chi connectivity index (χ3v) is 4.73. The molecule has 1 saturated heterocycles. The van der Waals surface area contributed by atoms with Gasteiger partial charge >= 0.3 is 0 Å². The molecule has 0 unspecified atom stereocenters. The maximum Gasteiger partial charge on any atom is 0.222 e. The van der Waals surface area contributed by atoms with Crippen molar-refractivity contribution in [2.45, 2.75) is 69.8 Å². The highest BCUT2D eigenvalue weighted by molar-refractivity contribution is 5.79. The Kier molecular flexibility index (Phi) is 6.03. The van der Waals surface area contributed by atoms with E-state index in [1.165, 1.54) is 0 Å². The SMILES string of the molecule is O=C(CCN1CCCCCC1=O)NCCC1(O)CCCC1. The summed E-state index contributed by atoms with van der Waals surface area (Å²) in [6, 6.07) is 0. The predicted molar refractivity (Wildman–Crippen MR) is 80.7 cm³/mol. The second-order valence-corrected chi connectivity index (χ2v) is 6.47. The highest BCUT2D eigenvalue weighted by atomic mass is 16.3. The minimum Gasteiger partial charge on any atom is -0.390 e. The molecule has 0 bridgehead atoms. The molecule has 2 aliphatic rings. The van der Waals surface area contributed by atoms with Crippen molar-refractivity contribution in [3.63, 3.8) is 0 Å². The lowest BCUT2D eigenvalue weighted by Gasteiger charge is -2.22. The van der Waals surface area contributed by atoms with E-state index in [4.69, 9.17) is 0 Å². The molecule has 1 saturated carbocycles. The van der Waals surface area contributed by atoms with Crippen LogP contribution in [0.25, 0.3) is 0 Å². The third kappa shape index (κ3) is 5.30. The normalized spacial score (nSPS) is 22.1. The zero-order valence-electron chi connectivity index (χ0n) is 12.9. The molecule has 5 nitrogen and oxygen atoms in total. The van der Waals surface area contributed by atoms with Gasteiger partial charge in [0.25, 0.3) is 0 Å². The number of nitrogens with zero attached hydrogens (tertiary/aromatic N) is 1. The number of hydrogen-bond acceptors (Lipinski definition) is 3. The van der Waals surface area contributed by atoms with Crippen LogP contribution in [0.4, 0.5) is 0 Å². The molecule has 2 N–H and O–H groups in total. The predicted octanol–water partition coefficient (Wildman–Crippen LogP) is 1.59. The van der Waals surface area contributed by atoms with Gasteiger partial charge in [0, 0.05) is 32.5 Å². The molecular weight excluding hydrogens is 268 g/mol. The number of rotatable bonds is 6. The number of carbonyl (C=O) groups is 2. The summed E-state index contributed by atoms with van der Waals surface area (Å²) in [4.78, 5) is 25.5. The van der Waals surface area contributed by atoms with E-state index in [0.717, 1.165) is 51.5 Å². The van der Waals surface area contributed by atoms with Gasteiger partial charge in [-0.1, -0.05) is 19.3 Å². The van der Waals surface area contributed by atoms with Crippen molar-refractivity contribution >= 4 is 11.8 Å². The minimum absolute atomic E-state index is 0.0198. The molecule has 2 rings (SSSR count). The van der Waals surface area contributed by atoms with Crippen molar-refractivity contribution in [3.8, 4) is 0 Å². The maximum absolute atomic E-state index is 11.8. The third-order valence-electron chi connectivity index (χ3n) is 4.73. The van der Waals surface area contributed by atoms with Crippen molar-refractivity contribution < 1.29 is 14.7 Å². The summed E-state index contributed by atoms with van der Waals surface area (Å²) in [6.45, 7) is 1.84.